The number of aromatic amines is 2. The quantitative estimate of drug-likeness (QED) is 0.122. The third-order valence-electron chi connectivity index (χ3n) is 8.24. The zero-order chi connectivity index (χ0) is 34.2. The van der Waals surface area contributed by atoms with Gasteiger partial charge in [-0.3, -0.25) is 0 Å². The molecule has 0 spiro atoms. The number of alkyl halides is 6. The monoisotopic (exact) mass is 826 g/mol. The molecule has 0 bridgehead atoms. The van der Waals surface area contributed by atoms with E-state index in [-0.39, 0.29) is 22.3 Å². The fourth-order valence-electron chi connectivity index (χ4n) is 6.04. The number of carbonyl (C=O) groups is 1. The van der Waals surface area contributed by atoms with Crippen LogP contribution in [0.3, 0.4) is 0 Å². The Morgan fingerprint density at radius 3 is 1.29 bits per heavy atom. The molecule has 0 unspecified atom stereocenters. The van der Waals surface area contributed by atoms with Crippen molar-refractivity contribution in [2.24, 2.45) is 0 Å². The number of aromatic nitrogens is 2. The van der Waals surface area contributed by atoms with Crippen molar-refractivity contribution in [1.29, 1.82) is 0 Å². The summed E-state index contributed by atoms with van der Waals surface area (Å²) in [5, 5.41) is 0. The van der Waals surface area contributed by atoms with Gasteiger partial charge in [0, 0.05) is 0 Å². The van der Waals surface area contributed by atoms with Gasteiger partial charge in [-0.15, -0.1) is 0 Å². The van der Waals surface area contributed by atoms with E-state index >= 15 is 26.3 Å². The van der Waals surface area contributed by atoms with E-state index in [0.717, 1.165) is 19.5 Å². The Balaban J connectivity index is 3.27. The van der Waals surface area contributed by atoms with E-state index in [1.54, 1.807) is 67.5 Å². The first kappa shape index (κ1) is 36.9. The van der Waals surface area contributed by atoms with E-state index in [1.807, 2.05) is 0 Å². The number of halogens is 6. The van der Waals surface area contributed by atoms with Gasteiger partial charge in [-0.2, -0.15) is 0 Å². The Morgan fingerprint density at radius 1 is 0.689 bits per heavy atom. The SMILES string of the molecule is COC(=O)CC[CH2][Au]([c]1c(C(C)C)cccc1C(C)C)([c]1c(C(C)C)cccc1C(C)C)(=[c]1[nH]cc[nH]1)([C](F)(F)F)[C](F)(F)F. The van der Waals surface area contributed by atoms with Crippen LogP contribution >= 0.6 is 0 Å². The summed E-state index contributed by atoms with van der Waals surface area (Å²) in [5.41, 5.74) is -0.0343. The van der Waals surface area contributed by atoms with Gasteiger partial charge in [-0.25, -0.2) is 0 Å². The molecule has 258 valence electrons. The zero-order valence-corrected chi connectivity index (χ0v) is 29.6. The Hall–Kier alpha value is -2.56. The number of hydrogen-bond acceptors (Lipinski definition) is 2. The number of carbonyl (C=O) groups excluding carboxylic acids is 1. The van der Waals surface area contributed by atoms with Crippen molar-refractivity contribution in [2.75, 3.05) is 7.11 Å². The number of benzene rings is 2. The molecule has 0 saturated heterocycles. The average molecular weight is 827 g/mol. The molecular formula is C34H47AuF6N2O2. The van der Waals surface area contributed by atoms with Crippen LogP contribution < -0.4 is 7.56 Å². The first-order valence-corrected chi connectivity index (χ1v) is 21.9. The van der Waals surface area contributed by atoms with Crippen LogP contribution in [0, 0.1) is 3.63 Å². The second-order valence-corrected chi connectivity index (χ2v) is 28.4. The minimum absolute atomic E-state index is 0.00858. The summed E-state index contributed by atoms with van der Waals surface area (Å²) in [4.78, 5) is 17.6. The van der Waals surface area contributed by atoms with Gasteiger partial charge in [-0.1, -0.05) is 0 Å². The summed E-state index contributed by atoms with van der Waals surface area (Å²) < 4.78 is 95.4. The molecule has 0 fully saturated rings. The third kappa shape index (κ3) is 4.52. The molecule has 0 saturated carbocycles. The number of ether oxygens (including phenoxy) is 1. The zero-order valence-electron chi connectivity index (χ0n) is 27.4. The summed E-state index contributed by atoms with van der Waals surface area (Å²) in [6.45, 7) is 13.1. The summed E-state index contributed by atoms with van der Waals surface area (Å²) in [6.07, 6.45) is 0.877. The van der Waals surface area contributed by atoms with Crippen LogP contribution in [0.25, 0.3) is 0 Å². The molecule has 0 amide bonds. The summed E-state index contributed by atoms with van der Waals surface area (Å²) >= 11 is -9.52. The van der Waals surface area contributed by atoms with E-state index in [2.05, 4.69) is 9.97 Å². The van der Waals surface area contributed by atoms with E-state index in [1.165, 1.54) is 24.3 Å². The second kappa shape index (κ2) is 12.2. The number of rotatable bonds is 10. The predicted octanol–water partition coefficient (Wildman–Crippen LogP) is 9.66. The minimum atomic E-state index is -9.52. The van der Waals surface area contributed by atoms with E-state index in [4.69, 9.17) is 4.74 Å². The molecule has 2 N–H and O–H groups in total. The molecule has 0 aliphatic heterocycles. The fraction of sp³-hybridized carbons (Fsp3) is 0.529. The van der Waals surface area contributed by atoms with Gasteiger partial charge in [0.05, 0.1) is 0 Å². The van der Waals surface area contributed by atoms with Crippen LogP contribution in [0.5, 0.6) is 0 Å². The van der Waals surface area contributed by atoms with Gasteiger partial charge in [-0.05, 0) is 0 Å². The molecule has 3 aromatic rings. The topological polar surface area (TPSA) is 57.9 Å². The molecule has 11 heteroatoms. The number of hydrogen-bond donors (Lipinski definition) is 2. The second-order valence-electron chi connectivity index (χ2n) is 12.3. The van der Waals surface area contributed by atoms with E-state index in [0.29, 0.717) is 0 Å². The van der Waals surface area contributed by atoms with Crippen LogP contribution in [0.4, 0.5) is 26.3 Å². The van der Waals surface area contributed by atoms with Crippen molar-refractivity contribution >= 4 is 13.5 Å². The average Bonchev–Trinajstić information content (AvgIpc) is 3.49. The molecule has 1 heterocycles. The van der Waals surface area contributed by atoms with Gasteiger partial charge in [0.2, 0.25) is 0 Å². The Bertz CT molecular complexity index is 1510. The first-order valence-electron chi connectivity index (χ1n) is 14.9. The summed E-state index contributed by atoms with van der Waals surface area (Å²) in [6, 6.07) is 8.78. The van der Waals surface area contributed by atoms with Crippen LogP contribution in [-0.4, -0.2) is 31.8 Å². The molecule has 0 aliphatic carbocycles. The molecular weight excluding hydrogens is 779 g/mol. The number of H-pyrrole nitrogens is 2. The maximum atomic E-state index is 17.7. The summed E-state index contributed by atoms with van der Waals surface area (Å²) in [5.74, 6) is -3.70. The fourth-order valence-corrected chi connectivity index (χ4v) is 29.2. The first-order chi connectivity index (χ1) is 20.7. The normalized spacial score (nSPS) is 14.7. The van der Waals surface area contributed by atoms with Crippen LogP contribution in [0.1, 0.15) is 114 Å². The third-order valence-corrected chi connectivity index (χ3v) is 30.3. The van der Waals surface area contributed by atoms with Crippen molar-refractivity contribution in [3.63, 3.8) is 0 Å². The van der Waals surface area contributed by atoms with Gasteiger partial charge >= 0.3 is 261 Å². The van der Waals surface area contributed by atoms with Crippen molar-refractivity contribution in [3.8, 4) is 0 Å². The van der Waals surface area contributed by atoms with Crippen molar-refractivity contribution in [3.05, 3.63) is 74.7 Å². The van der Waals surface area contributed by atoms with Gasteiger partial charge < -0.3 is 0 Å². The van der Waals surface area contributed by atoms with Gasteiger partial charge in [0.15, 0.2) is 0 Å². The Labute approximate surface area is 259 Å². The molecule has 2 aromatic carbocycles. The predicted molar refractivity (Wildman–Crippen MR) is 165 cm³/mol. The molecule has 0 atom stereocenters. The van der Waals surface area contributed by atoms with Gasteiger partial charge in [0.1, 0.15) is 0 Å². The Kier molecular flexibility index (Phi) is 10.0. The number of esters is 1. The van der Waals surface area contributed by atoms with E-state index in [9.17, 15) is 4.79 Å². The van der Waals surface area contributed by atoms with E-state index < -0.39 is 81.1 Å². The maximum absolute atomic E-state index is 17.7. The standard InChI is InChI=1S/2C12H17.C5H9O2.C3H4N2.2CF3.Au/c2*1-9(2)11-6-5-7-12(8-11)10(3)4;1-3-4-5(6)7-2;1-2-5-3-4-1;2*2-1(3)4;/h2*5-7,9-10H,1-4H3;1,3-4H2,2H3;1-2,4-5H;;;. The molecule has 0 radical (unpaired) electrons. The molecule has 45 heavy (non-hydrogen) atoms. The molecule has 1 aromatic heterocycles. The number of methoxy groups -OCH3 is 1. The van der Waals surface area contributed by atoms with Crippen molar-refractivity contribution in [2.45, 2.75) is 105 Å². The molecule has 0 aliphatic rings. The number of nitrogens with one attached hydrogen (secondary N) is 2. The Morgan fingerprint density at radius 2 is 1.02 bits per heavy atom. The van der Waals surface area contributed by atoms with Gasteiger partial charge in [0.25, 0.3) is 0 Å². The van der Waals surface area contributed by atoms with Crippen LogP contribution in [-0.2, 0) is 23.6 Å². The van der Waals surface area contributed by atoms with Crippen molar-refractivity contribution < 1.29 is 49.9 Å². The van der Waals surface area contributed by atoms with Crippen LogP contribution in [0.15, 0.2) is 48.8 Å². The summed E-state index contributed by atoms with van der Waals surface area (Å²) in [7, 11) is 1.07. The van der Waals surface area contributed by atoms with Crippen LogP contribution in [0.2, 0.25) is 4.64 Å². The molecule has 3 rings (SSSR count). The molecule has 4 nitrogen and oxygen atoms in total. The number of imidazole rings is 1. The van der Waals surface area contributed by atoms with Crippen molar-refractivity contribution in [1.82, 2.24) is 9.97 Å².